The maximum atomic E-state index is 12.8. The molecule has 1 unspecified atom stereocenters. The van der Waals surface area contributed by atoms with Gasteiger partial charge in [-0.15, -0.1) is 0 Å². The molecule has 1 atom stereocenters. The molecule has 0 N–H and O–H groups in total. The molecule has 4 heterocycles. The summed E-state index contributed by atoms with van der Waals surface area (Å²) in [5, 5.41) is 4.09. The molecular formula is C18H23N3O3. The molecule has 2 saturated heterocycles. The molecule has 24 heavy (non-hydrogen) atoms. The van der Waals surface area contributed by atoms with Gasteiger partial charge in [-0.25, -0.2) is 0 Å². The molecular weight excluding hydrogens is 306 g/mol. The van der Waals surface area contributed by atoms with Gasteiger partial charge >= 0.3 is 0 Å². The smallest absolute Gasteiger partial charge is 0.290 e. The number of nitrogens with zero attached hydrogens (tertiary/aromatic N) is 3. The SMILES string of the molecule is Cc1cc(C2CCCN2C(=O)c2ccc(CN3CCCC3)o2)no1. The van der Waals surface area contributed by atoms with Crippen LogP contribution in [-0.2, 0) is 6.54 Å². The lowest BCUT2D eigenvalue weighted by Crippen LogP contribution is -2.30. The van der Waals surface area contributed by atoms with Crippen molar-refractivity contribution in [2.45, 2.75) is 45.2 Å². The van der Waals surface area contributed by atoms with Crippen molar-refractivity contribution in [1.29, 1.82) is 0 Å². The summed E-state index contributed by atoms with van der Waals surface area (Å²) < 4.78 is 11.0. The van der Waals surface area contributed by atoms with E-state index in [9.17, 15) is 4.79 Å². The Bertz CT molecular complexity index is 715. The average Bonchev–Trinajstić information content (AvgIpc) is 3.34. The normalized spacial score (nSPS) is 21.7. The van der Waals surface area contributed by atoms with Gasteiger partial charge in [0.05, 0.1) is 12.6 Å². The third-order valence-corrected chi connectivity index (χ3v) is 4.95. The molecule has 0 radical (unpaired) electrons. The Labute approximate surface area is 141 Å². The number of hydrogen-bond donors (Lipinski definition) is 0. The van der Waals surface area contributed by atoms with Gasteiger partial charge < -0.3 is 13.8 Å². The molecule has 2 fully saturated rings. The minimum atomic E-state index is -0.0502. The Morgan fingerprint density at radius 3 is 2.83 bits per heavy atom. The fourth-order valence-electron chi connectivity index (χ4n) is 3.74. The molecule has 0 aromatic carbocycles. The number of carbonyl (C=O) groups excluding carboxylic acids is 1. The highest BCUT2D eigenvalue weighted by Gasteiger charge is 2.34. The van der Waals surface area contributed by atoms with Gasteiger partial charge in [0.25, 0.3) is 5.91 Å². The first-order valence-electron chi connectivity index (χ1n) is 8.76. The van der Waals surface area contributed by atoms with Gasteiger partial charge in [0.2, 0.25) is 0 Å². The zero-order chi connectivity index (χ0) is 16.5. The number of carbonyl (C=O) groups is 1. The summed E-state index contributed by atoms with van der Waals surface area (Å²) in [6, 6.07) is 5.63. The summed E-state index contributed by atoms with van der Waals surface area (Å²) >= 11 is 0. The molecule has 0 aliphatic carbocycles. The molecule has 0 bridgehead atoms. The van der Waals surface area contributed by atoms with Gasteiger partial charge in [0, 0.05) is 12.6 Å². The van der Waals surface area contributed by atoms with Gasteiger partial charge in [-0.2, -0.15) is 0 Å². The lowest BCUT2D eigenvalue weighted by atomic mass is 10.1. The second-order valence-corrected chi connectivity index (χ2v) is 6.77. The molecule has 2 aliphatic heterocycles. The lowest BCUT2D eigenvalue weighted by molar-refractivity contribution is 0.0695. The zero-order valence-corrected chi connectivity index (χ0v) is 14.0. The Kier molecular flexibility index (Phi) is 4.14. The van der Waals surface area contributed by atoms with E-state index >= 15 is 0 Å². The highest BCUT2D eigenvalue weighted by atomic mass is 16.5. The van der Waals surface area contributed by atoms with E-state index in [-0.39, 0.29) is 11.9 Å². The van der Waals surface area contributed by atoms with Gasteiger partial charge in [0.15, 0.2) is 5.76 Å². The summed E-state index contributed by atoms with van der Waals surface area (Å²) in [5.74, 6) is 2.02. The third kappa shape index (κ3) is 2.98. The average molecular weight is 329 g/mol. The van der Waals surface area contributed by atoms with Crippen LogP contribution in [0.2, 0.25) is 0 Å². The van der Waals surface area contributed by atoms with Gasteiger partial charge in [-0.3, -0.25) is 9.69 Å². The number of amides is 1. The first kappa shape index (κ1) is 15.4. The van der Waals surface area contributed by atoms with Crippen LogP contribution in [0.4, 0.5) is 0 Å². The molecule has 6 heteroatoms. The maximum Gasteiger partial charge on any atom is 0.290 e. The zero-order valence-electron chi connectivity index (χ0n) is 14.0. The van der Waals surface area contributed by atoms with E-state index in [1.165, 1.54) is 12.8 Å². The van der Waals surface area contributed by atoms with Crippen molar-refractivity contribution in [2.24, 2.45) is 0 Å². The molecule has 4 rings (SSSR count). The Morgan fingerprint density at radius 2 is 2.08 bits per heavy atom. The van der Waals surface area contributed by atoms with E-state index in [0.717, 1.165) is 56.2 Å². The van der Waals surface area contributed by atoms with Crippen LogP contribution in [0.1, 0.15) is 59.5 Å². The fourth-order valence-corrected chi connectivity index (χ4v) is 3.74. The predicted octanol–water partition coefficient (Wildman–Crippen LogP) is 3.15. The first-order chi connectivity index (χ1) is 11.7. The van der Waals surface area contributed by atoms with Crippen molar-refractivity contribution in [3.8, 4) is 0 Å². The minimum absolute atomic E-state index is 0.0120. The number of furan rings is 1. The van der Waals surface area contributed by atoms with Crippen molar-refractivity contribution in [3.63, 3.8) is 0 Å². The molecule has 2 aliphatic rings. The number of aryl methyl sites for hydroxylation is 1. The first-order valence-corrected chi connectivity index (χ1v) is 8.76. The number of aromatic nitrogens is 1. The van der Waals surface area contributed by atoms with Crippen LogP contribution in [0.3, 0.4) is 0 Å². The number of likely N-dealkylation sites (tertiary alicyclic amines) is 2. The predicted molar refractivity (Wildman–Crippen MR) is 87.5 cm³/mol. The highest BCUT2D eigenvalue weighted by Crippen LogP contribution is 2.33. The second kappa shape index (κ2) is 6.43. The van der Waals surface area contributed by atoms with Crippen molar-refractivity contribution >= 4 is 5.91 Å². The van der Waals surface area contributed by atoms with Crippen molar-refractivity contribution < 1.29 is 13.7 Å². The topological polar surface area (TPSA) is 62.7 Å². The van der Waals surface area contributed by atoms with Crippen LogP contribution < -0.4 is 0 Å². The molecule has 2 aromatic rings. The van der Waals surface area contributed by atoms with Gasteiger partial charge in [-0.1, -0.05) is 5.16 Å². The number of hydrogen-bond acceptors (Lipinski definition) is 5. The molecule has 6 nitrogen and oxygen atoms in total. The maximum absolute atomic E-state index is 12.8. The quantitative estimate of drug-likeness (QED) is 0.862. The van der Waals surface area contributed by atoms with Crippen molar-refractivity contribution in [2.75, 3.05) is 19.6 Å². The van der Waals surface area contributed by atoms with Crippen molar-refractivity contribution in [1.82, 2.24) is 15.0 Å². The standard InChI is InChI=1S/C18H23N3O3/c1-13-11-15(19-24-13)16-5-4-10-21(16)18(22)17-7-6-14(23-17)12-20-8-2-3-9-20/h6-7,11,16H,2-5,8-10,12H2,1H3. The molecule has 0 spiro atoms. The van der Waals surface area contributed by atoms with E-state index in [1.807, 2.05) is 24.0 Å². The van der Waals surface area contributed by atoms with Crippen LogP contribution in [0.25, 0.3) is 0 Å². The van der Waals surface area contributed by atoms with Gasteiger partial charge in [-0.05, 0) is 57.8 Å². The van der Waals surface area contributed by atoms with Gasteiger partial charge in [0.1, 0.15) is 17.2 Å². The van der Waals surface area contributed by atoms with E-state index in [0.29, 0.717) is 5.76 Å². The summed E-state index contributed by atoms with van der Waals surface area (Å²) in [4.78, 5) is 17.1. The van der Waals surface area contributed by atoms with Crippen LogP contribution in [0.5, 0.6) is 0 Å². The van der Waals surface area contributed by atoms with Crippen LogP contribution >= 0.6 is 0 Å². The second-order valence-electron chi connectivity index (χ2n) is 6.77. The Hall–Kier alpha value is -2.08. The summed E-state index contributed by atoms with van der Waals surface area (Å²) in [6.07, 6.45) is 4.39. The van der Waals surface area contributed by atoms with E-state index in [4.69, 9.17) is 8.94 Å². The summed E-state index contributed by atoms with van der Waals surface area (Å²) in [6.45, 7) is 5.62. The van der Waals surface area contributed by atoms with Crippen LogP contribution in [0.15, 0.2) is 27.1 Å². The Morgan fingerprint density at radius 1 is 1.25 bits per heavy atom. The van der Waals surface area contributed by atoms with Crippen molar-refractivity contribution in [3.05, 3.63) is 41.2 Å². The number of rotatable bonds is 4. The van der Waals surface area contributed by atoms with E-state index in [2.05, 4.69) is 10.1 Å². The Balaban J connectivity index is 1.47. The van der Waals surface area contributed by atoms with Crippen LogP contribution in [0, 0.1) is 6.92 Å². The van der Waals surface area contributed by atoms with E-state index in [1.54, 1.807) is 6.07 Å². The summed E-state index contributed by atoms with van der Waals surface area (Å²) in [5.41, 5.74) is 0.835. The minimum Gasteiger partial charge on any atom is -0.455 e. The van der Waals surface area contributed by atoms with Crippen LogP contribution in [-0.4, -0.2) is 40.5 Å². The molecule has 2 aromatic heterocycles. The van der Waals surface area contributed by atoms with E-state index < -0.39 is 0 Å². The summed E-state index contributed by atoms with van der Waals surface area (Å²) in [7, 11) is 0. The fraction of sp³-hybridized carbons (Fsp3) is 0.556. The highest BCUT2D eigenvalue weighted by molar-refractivity contribution is 5.92. The monoisotopic (exact) mass is 329 g/mol. The molecule has 0 saturated carbocycles. The molecule has 1 amide bonds. The third-order valence-electron chi connectivity index (χ3n) is 4.95. The largest absolute Gasteiger partial charge is 0.455 e. The lowest BCUT2D eigenvalue weighted by Gasteiger charge is -2.21. The molecule has 128 valence electrons.